The fourth-order valence-electron chi connectivity index (χ4n) is 2.43. The molecule has 0 atom stereocenters. The van der Waals surface area contributed by atoms with Gasteiger partial charge in [-0.15, -0.1) is 0 Å². The molecule has 1 saturated carbocycles. The SMILES string of the molecule is N#Cc1ccccc1NC(=O)C1(C(=O)Nc2cccc(Cl)c2)CC1. The van der Waals surface area contributed by atoms with E-state index in [-0.39, 0.29) is 5.91 Å². The Morgan fingerprint density at radius 2 is 1.75 bits per heavy atom. The number of nitrogens with one attached hydrogen (secondary N) is 2. The number of nitrogens with zero attached hydrogens (tertiary/aromatic N) is 1. The number of carbonyl (C=O) groups is 2. The number of halogens is 1. The molecule has 3 rings (SSSR count). The highest BCUT2D eigenvalue weighted by atomic mass is 35.5. The van der Waals surface area contributed by atoms with Gasteiger partial charge in [-0.2, -0.15) is 5.26 Å². The largest absolute Gasteiger partial charge is 0.325 e. The van der Waals surface area contributed by atoms with Gasteiger partial charge in [-0.3, -0.25) is 9.59 Å². The van der Waals surface area contributed by atoms with Gasteiger partial charge >= 0.3 is 0 Å². The molecule has 2 aromatic rings. The zero-order chi connectivity index (χ0) is 17.2. The highest BCUT2D eigenvalue weighted by Crippen LogP contribution is 2.47. The van der Waals surface area contributed by atoms with Crippen molar-refractivity contribution in [2.75, 3.05) is 10.6 Å². The number of hydrogen-bond donors (Lipinski definition) is 2. The summed E-state index contributed by atoms with van der Waals surface area (Å²) in [7, 11) is 0. The molecule has 0 spiro atoms. The summed E-state index contributed by atoms with van der Waals surface area (Å²) in [5.41, 5.74) is 0.220. The smallest absolute Gasteiger partial charge is 0.240 e. The van der Waals surface area contributed by atoms with Crippen LogP contribution >= 0.6 is 11.6 Å². The summed E-state index contributed by atoms with van der Waals surface area (Å²) in [6.07, 6.45) is 0.944. The molecule has 1 fully saturated rings. The lowest BCUT2D eigenvalue weighted by Gasteiger charge is -2.16. The van der Waals surface area contributed by atoms with Crippen molar-refractivity contribution in [3.05, 3.63) is 59.1 Å². The van der Waals surface area contributed by atoms with Crippen LogP contribution in [0.3, 0.4) is 0 Å². The van der Waals surface area contributed by atoms with E-state index in [0.717, 1.165) is 0 Å². The first-order valence-corrected chi connectivity index (χ1v) is 7.80. The van der Waals surface area contributed by atoms with Gasteiger partial charge < -0.3 is 10.6 Å². The van der Waals surface area contributed by atoms with E-state index in [4.69, 9.17) is 16.9 Å². The molecule has 0 radical (unpaired) electrons. The van der Waals surface area contributed by atoms with E-state index in [9.17, 15) is 9.59 Å². The van der Waals surface area contributed by atoms with Gasteiger partial charge in [0.25, 0.3) is 0 Å². The average molecular weight is 340 g/mol. The summed E-state index contributed by atoms with van der Waals surface area (Å²) >= 11 is 5.90. The summed E-state index contributed by atoms with van der Waals surface area (Å²) < 4.78 is 0. The Bertz CT molecular complexity index is 853. The number of anilines is 2. The van der Waals surface area contributed by atoms with E-state index in [1.807, 2.05) is 6.07 Å². The van der Waals surface area contributed by atoms with Crippen LogP contribution in [0.5, 0.6) is 0 Å². The molecular formula is C18H14ClN3O2. The first kappa shape index (κ1) is 16.0. The normalized spacial score (nSPS) is 14.3. The number of hydrogen-bond acceptors (Lipinski definition) is 3. The van der Waals surface area contributed by atoms with Gasteiger partial charge in [-0.05, 0) is 43.2 Å². The number of amides is 2. The maximum absolute atomic E-state index is 12.6. The Morgan fingerprint density at radius 1 is 1.04 bits per heavy atom. The van der Waals surface area contributed by atoms with Crippen LogP contribution in [0.15, 0.2) is 48.5 Å². The Morgan fingerprint density at radius 3 is 2.42 bits per heavy atom. The molecule has 2 amide bonds. The van der Waals surface area contributed by atoms with Crippen LogP contribution in [0.2, 0.25) is 5.02 Å². The van der Waals surface area contributed by atoms with Crippen molar-refractivity contribution in [2.45, 2.75) is 12.8 Å². The molecule has 24 heavy (non-hydrogen) atoms. The fourth-order valence-corrected chi connectivity index (χ4v) is 2.62. The zero-order valence-electron chi connectivity index (χ0n) is 12.7. The molecule has 0 saturated heterocycles. The summed E-state index contributed by atoms with van der Waals surface area (Å²) in [5, 5.41) is 15.0. The van der Waals surface area contributed by atoms with Crippen LogP contribution in [0.4, 0.5) is 11.4 Å². The third-order valence-electron chi connectivity index (χ3n) is 4.00. The molecule has 1 aliphatic carbocycles. The quantitative estimate of drug-likeness (QED) is 0.835. The fraction of sp³-hybridized carbons (Fsp3) is 0.167. The summed E-state index contributed by atoms with van der Waals surface area (Å²) in [5.74, 6) is -0.763. The lowest BCUT2D eigenvalue weighted by molar-refractivity contribution is -0.131. The summed E-state index contributed by atoms with van der Waals surface area (Å²) in [4.78, 5) is 25.1. The molecule has 0 aliphatic heterocycles. The summed E-state index contributed by atoms with van der Waals surface area (Å²) in [6, 6.07) is 15.5. The summed E-state index contributed by atoms with van der Waals surface area (Å²) in [6.45, 7) is 0. The third-order valence-corrected chi connectivity index (χ3v) is 4.23. The number of rotatable bonds is 4. The van der Waals surface area contributed by atoms with E-state index in [0.29, 0.717) is 34.8 Å². The Labute approximate surface area is 144 Å². The second kappa shape index (κ2) is 6.34. The van der Waals surface area contributed by atoms with Crippen LogP contribution < -0.4 is 10.6 Å². The molecule has 1 aliphatic rings. The first-order chi connectivity index (χ1) is 11.5. The Hall–Kier alpha value is -2.84. The molecule has 6 heteroatoms. The number of nitriles is 1. The molecule has 2 N–H and O–H groups in total. The highest BCUT2D eigenvalue weighted by molar-refractivity contribution is 6.31. The molecule has 2 aromatic carbocycles. The van der Waals surface area contributed by atoms with Crippen molar-refractivity contribution >= 4 is 34.8 Å². The van der Waals surface area contributed by atoms with Gasteiger partial charge in [-0.25, -0.2) is 0 Å². The second-order valence-electron chi connectivity index (χ2n) is 5.66. The van der Waals surface area contributed by atoms with Gasteiger partial charge in [0.2, 0.25) is 11.8 Å². The minimum absolute atomic E-state index is 0.358. The van der Waals surface area contributed by atoms with Crippen molar-refractivity contribution in [3.63, 3.8) is 0 Å². The van der Waals surface area contributed by atoms with Crippen molar-refractivity contribution < 1.29 is 9.59 Å². The molecule has 0 aromatic heterocycles. The highest BCUT2D eigenvalue weighted by Gasteiger charge is 2.56. The van der Waals surface area contributed by atoms with Crippen molar-refractivity contribution in [1.29, 1.82) is 5.26 Å². The molecule has 0 heterocycles. The number of carbonyl (C=O) groups excluding carboxylic acids is 2. The number of para-hydroxylation sites is 1. The number of benzene rings is 2. The predicted molar refractivity (Wildman–Crippen MR) is 91.5 cm³/mol. The third kappa shape index (κ3) is 3.10. The van der Waals surface area contributed by atoms with Crippen LogP contribution in [0, 0.1) is 16.7 Å². The van der Waals surface area contributed by atoms with Crippen molar-refractivity contribution in [2.24, 2.45) is 5.41 Å². The predicted octanol–water partition coefficient (Wildman–Crippen LogP) is 3.57. The van der Waals surface area contributed by atoms with Crippen LogP contribution in [0.25, 0.3) is 0 Å². The lowest BCUT2D eigenvalue weighted by Crippen LogP contribution is -2.35. The maximum atomic E-state index is 12.6. The zero-order valence-corrected chi connectivity index (χ0v) is 13.4. The van der Waals surface area contributed by atoms with Crippen LogP contribution in [-0.2, 0) is 9.59 Å². The van der Waals surface area contributed by atoms with Crippen molar-refractivity contribution in [1.82, 2.24) is 0 Å². The van der Waals surface area contributed by atoms with E-state index >= 15 is 0 Å². The Kier molecular flexibility index (Phi) is 4.24. The van der Waals surface area contributed by atoms with E-state index in [1.54, 1.807) is 48.5 Å². The standard InChI is InChI=1S/C18H14ClN3O2/c19-13-5-3-6-14(10-13)21-16(23)18(8-9-18)17(24)22-15-7-2-1-4-12(15)11-20/h1-7,10H,8-9H2,(H,21,23)(H,22,24). The average Bonchev–Trinajstić information content (AvgIpc) is 3.37. The lowest BCUT2D eigenvalue weighted by atomic mass is 10.0. The molecule has 120 valence electrons. The molecule has 0 bridgehead atoms. The topological polar surface area (TPSA) is 82.0 Å². The first-order valence-electron chi connectivity index (χ1n) is 7.43. The molecule has 0 unspecified atom stereocenters. The minimum Gasteiger partial charge on any atom is -0.325 e. The Balaban J connectivity index is 1.74. The van der Waals surface area contributed by atoms with Crippen molar-refractivity contribution in [3.8, 4) is 6.07 Å². The van der Waals surface area contributed by atoms with Gasteiger partial charge in [0.15, 0.2) is 0 Å². The minimum atomic E-state index is -1.09. The molecule has 5 nitrogen and oxygen atoms in total. The van der Waals surface area contributed by atoms with Gasteiger partial charge in [0, 0.05) is 10.7 Å². The van der Waals surface area contributed by atoms with Gasteiger partial charge in [0.05, 0.1) is 11.3 Å². The van der Waals surface area contributed by atoms with Gasteiger partial charge in [0.1, 0.15) is 11.5 Å². The maximum Gasteiger partial charge on any atom is 0.240 e. The van der Waals surface area contributed by atoms with E-state index in [1.165, 1.54) is 0 Å². The van der Waals surface area contributed by atoms with Gasteiger partial charge in [-0.1, -0.05) is 29.8 Å². The van der Waals surface area contributed by atoms with E-state index < -0.39 is 11.3 Å². The van der Waals surface area contributed by atoms with Crippen LogP contribution in [-0.4, -0.2) is 11.8 Å². The second-order valence-corrected chi connectivity index (χ2v) is 6.09. The van der Waals surface area contributed by atoms with E-state index in [2.05, 4.69) is 10.6 Å². The monoisotopic (exact) mass is 339 g/mol. The van der Waals surface area contributed by atoms with Crippen LogP contribution in [0.1, 0.15) is 18.4 Å². The molecular weight excluding hydrogens is 326 g/mol.